The van der Waals surface area contributed by atoms with E-state index < -0.39 is 0 Å². The van der Waals surface area contributed by atoms with Gasteiger partial charge in [-0.3, -0.25) is 4.79 Å². The fourth-order valence-corrected chi connectivity index (χ4v) is 1.24. The quantitative estimate of drug-likeness (QED) is 0.737. The molecule has 0 atom stereocenters. The summed E-state index contributed by atoms with van der Waals surface area (Å²) in [7, 11) is 0. The van der Waals surface area contributed by atoms with Crippen LogP contribution in [0.3, 0.4) is 0 Å². The van der Waals surface area contributed by atoms with Gasteiger partial charge in [0.25, 0.3) is 0 Å². The first-order valence-electron chi connectivity index (χ1n) is 4.87. The van der Waals surface area contributed by atoms with Gasteiger partial charge in [0.2, 0.25) is 5.91 Å². The topological polar surface area (TPSA) is 55.1 Å². The molecular weight excluding hydrogens is 188 g/mol. The second-order valence-corrected chi connectivity index (χ2v) is 3.42. The maximum absolute atomic E-state index is 10.6. The van der Waals surface area contributed by atoms with Gasteiger partial charge in [-0.1, -0.05) is 30.4 Å². The largest absolute Gasteiger partial charge is 0.398 e. The predicted molar refractivity (Wildman–Crippen MR) is 63.3 cm³/mol. The van der Waals surface area contributed by atoms with E-state index in [-0.39, 0.29) is 5.91 Å². The Bertz CT molecular complexity index is 383. The van der Waals surface area contributed by atoms with E-state index in [0.717, 1.165) is 16.8 Å². The van der Waals surface area contributed by atoms with Crippen molar-refractivity contribution in [1.82, 2.24) is 5.32 Å². The summed E-state index contributed by atoms with van der Waals surface area (Å²) in [6.07, 6.45) is 3.80. The third kappa shape index (κ3) is 3.46. The Kier molecular flexibility index (Phi) is 3.92. The Morgan fingerprint density at radius 3 is 2.93 bits per heavy atom. The van der Waals surface area contributed by atoms with Crippen LogP contribution in [0.1, 0.15) is 18.1 Å². The first-order chi connectivity index (χ1) is 7.11. The van der Waals surface area contributed by atoms with E-state index in [2.05, 4.69) is 5.32 Å². The van der Waals surface area contributed by atoms with Crippen LogP contribution in [0.2, 0.25) is 0 Å². The molecule has 80 valence electrons. The Hall–Kier alpha value is -1.77. The number of rotatable bonds is 3. The molecule has 0 saturated carbocycles. The molecule has 1 amide bonds. The molecule has 1 aromatic rings. The summed E-state index contributed by atoms with van der Waals surface area (Å²) in [5.74, 6) is -0.0307. The van der Waals surface area contributed by atoms with Crippen molar-refractivity contribution in [2.45, 2.75) is 13.8 Å². The molecule has 0 radical (unpaired) electrons. The number of amides is 1. The second kappa shape index (κ2) is 5.20. The zero-order valence-corrected chi connectivity index (χ0v) is 9.08. The molecule has 3 heteroatoms. The Morgan fingerprint density at radius 1 is 1.53 bits per heavy atom. The molecule has 0 aliphatic carbocycles. The van der Waals surface area contributed by atoms with Gasteiger partial charge in [-0.05, 0) is 18.1 Å². The van der Waals surface area contributed by atoms with Gasteiger partial charge in [0.05, 0.1) is 0 Å². The van der Waals surface area contributed by atoms with Crippen LogP contribution in [0.15, 0.2) is 24.3 Å². The monoisotopic (exact) mass is 204 g/mol. The van der Waals surface area contributed by atoms with Crippen LogP contribution in [-0.2, 0) is 4.79 Å². The molecule has 1 aromatic carbocycles. The number of nitrogens with one attached hydrogen (secondary N) is 1. The number of aryl methyl sites for hydroxylation is 1. The van der Waals surface area contributed by atoms with Crippen LogP contribution in [0.4, 0.5) is 5.69 Å². The van der Waals surface area contributed by atoms with Crippen molar-refractivity contribution in [1.29, 1.82) is 0 Å². The molecule has 0 fully saturated rings. The van der Waals surface area contributed by atoms with Gasteiger partial charge in [0, 0.05) is 19.2 Å². The van der Waals surface area contributed by atoms with E-state index in [0.29, 0.717) is 6.54 Å². The summed E-state index contributed by atoms with van der Waals surface area (Å²) < 4.78 is 0. The van der Waals surface area contributed by atoms with Crippen molar-refractivity contribution in [2.24, 2.45) is 0 Å². The Morgan fingerprint density at radius 2 is 2.27 bits per heavy atom. The molecular formula is C12H16N2O. The minimum atomic E-state index is -0.0307. The third-order valence-corrected chi connectivity index (χ3v) is 2.12. The van der Waals surface area contributed by atoms with E-state index in [1.165, 1.54) is 6.92 Å². The van der Waals surface area contributed by atoms with Gasteiger partial charge in [-0.25, -0.2) is 0 Å². The van der Waals surface area contributed by atoms with E-state index in [1.54, 1.807) is 0 Å². The summed E-state index contributed by atoms with van der Waals surface area (Å²) in [5.41, 5.74) is 8.73. The molecule has 0 aromatic heterocycles. The highest BCUT2D eigenvalue weighted by Gasteiger charge is 1.96. The fourth-order valence-electron chi connectivity index (χ4n) is 1.24. The zero-order valence-electron chi connectivity index (χ0n) is 9.08. The van der Waals surface area contributed by atoms with E-state index in [1.807, 2.05) is 37.3 Å². The van der Waals surface area contributed by atoms with Gasteiger partial charge >= 0.3 is 0 Å². The molecule has 0 aliphatic rings. The summed E-state index contributed by atoms with van der Waals surface area (Å²) >= 11 is 0. The average Bonchev–Trinajstić information content (AvgIpc) is 2.18. The SMILES string of the molecule is CC(=O)NCC=Cc1cccc(C)c1N. The van der Waals surface area contributed by atoms with Crippen LogP contribution in [0, 0.1) is 6.92 Å². The molecule has 3 N–H and O–H groups in total. The second-order valence-electron chi connectivity index (χ2n) is 3.42. The normalized spacial score (nSPS) is 10.5. The molecule has 1 rings (SSSR count). The van der Waals surface area contributed by atoms with Crippen molar-refractivity contribution < 1.29 is 4.79 Å². The molecule has 0 bridgehead atoms. The highest BCUT2D eigenvalue weighted by molar-refractivity contribution is 5.73. The van der Waals surface area contributed by atoms with Crippen molar-refractivity contribution in [3.63, 3.8) is 0 Å². The molecule has 0 unspecified atom stereocenters. The standard InChI is InChI=1S/C12H16N2O/c1-9-5-3-6-11(12(9)13)7-4-8-14-10(2)15/h3-7H,8,13H2,1-2H3,(H,14,15). The van der Waals surface area contributed by atoms with Crippen molar-refractivity contribution in [3.05, 3.63) is 35.4 Å². The van der Waals surface area contributed by atoms with Gasteiger partial charge < -0.3 is 11.1 Å². The maximum atomic E-state index is 10.6. The highest BCUT2D eigenvalue weighted by atomic mass is 16.1. The summed E-state index contributed by atoms with van der Waals surface area (Å²) in [6, 6.07) is 5.89. The fraction of sp³-hybridized carbons (Fsp3) is 0.250. The lowest BCUT2D eigenvalue weighted by Crippen LogP contribution is -2.19. The zero-order chi connectivity index (χ0) is 11.3. The first kappa shape index (κ1) is 11.3. The van der Waals surface area contributed by atoms with Crippen LogP contribution in [0.25, 0.3) is 6.08 Å². The number of carbonyl (C=O) groups excluding carboxylic acids is 1. The van der Waals surface area contributed by atoms with Crippen LogP contribution >= 0.6 is 0 Å². The van der Waals surface area contributed by atoms with Crippen molar-refractivity contribution in [3.8, 4) is 0 Å². The molecule has 0 saturated heterocycles. The van der Waals surface area contributed by atoms with Crippen LogP contribution in [0.5, 0.6) is 0 Å². The lowest BCUT2D eigenvalue weighted by Gasteiger charge is -2.03. The summed E-state index contributed by atoms with van der Waals surface area (Å²) in [4.78, 5) is 10.6. The van der Waals surface area contributed by atoms with Gasteiger partial charge in [0.15, 0.2) is 0 Å². The summed E-state index contributed by atoms with van der Waals surface area (Å²) in [6.45, 7) is 4.00. The Labute approximate surface area is 90.0 Å². The number of benzene rings is 1. The van der Waals surface area contributed by atoms with Gasteiger partial charge in [-0.2, -0.15) is 0 Å². The molecule has 0 spiro atoms. The minimum Gasteiger partial charge on any atom is -0.398 e. The lowest BCUT2D eigenvalue weighted by atomic mass is 10.1. The number of para-hydroxylation sites is 1. The van der Waals surface area contributed by atoms with Gasteiger partial charge in [-0.15, -0.1) is 0 Å². The molecule has 15 heavy (non-hydrogen) atoms. The van der Waals surface area contributed by atoms with E-state index in [9.17, 15) is 4.79 Å². The molecule has 0 aliphatic heterocycles. The van der Waals surface area contributed by atoms with Gasteiger partial charge in [0.1, 0.15) is 0 Å². The molecule has 3 nitrogen and oxygen atoms in total. The highest BCUT2D eigenvalue weighted by Crippen LogP contribution is 2.17. The number of nitrogens with two attached hydrogens (primary N) is 1. The maximum Gasteiger partial charge on any atom is 0.217 e. The molecule has 0 heterocycles. The first-order valence-corrected chi connectivity index (χ1v) is 4.87. The van der Waals surface area contributed by atoms with Crippen molar-refractivity contribution >= 4 is 17.7 Å². The number of hydrogen-bond acceptors (Lipinski definition) is 2. The van der Waals surface area contributed by atoms with Crippen LogP contribution in [-0.4, -0.2) is 12.5 Å². The average molecular weight is 204 g/mol. The Balaban J connectivity index is 2.64. The number of nitrogen functional groups attached to an aromatic ring is 1. The lowest BCUT2D eigenvalue weighted by molar-refractivity contribution is -0.118. The predicted octanol–water partition coefficient (Wildman–Crippen LogP) is 1.73. The minimum absolute atomic E-state index is 0.0307. The van der Waals surface area contributed by atoms with E-state index in [4.69, 9.17) is 5.73 Å². The smallest absolute Gasteiger partial charge is 0.217 e. The number of carbonyl (C=O) groups is 1. The van der Waals surface area contributed by atoms with E-state index >= 15 is 0 Å². The third-order valence-electron chi connectivity index (χ3n) is 2.12. The number of anilines is 1. The van der Waals surface area contributed by atoms with Crippen molar-refractivity contribution in [2.75, 3.05) is 12.3 Å². The van der Waals surface area contributed by atoms with Crippen LogP contribution < -0.4 is 11.1 Å². The number of hydrogen-bond donors (Lipinski definition) is 2. The summed E-state index contributed by atoms with van der Waals surface area (Å²) in [5, 5.41) is 2.68.